The van der Waals surface area contributed by atoms with Gasteiger partial charge in [-0.2, -0.15) is 14.8 Å². The quantitative estimate of drug-likeness (QED) is 0.0328. The number of aliphatic hydroxyl groups excluding tert-OH is 2. The zero-order chi connectivity index (χ0) is 53.3. The molecule has 3 aromatic carbocycles. The van der Waals surface area contributed by atoms with E-state index in [2.05, 4.69) is 36.0 Å². The van der Waals surface area contributed by atoms with Crippen molar-refractivity contribution >= 4 is 42.0 Å². The van der Waals surface area contributed by atoms with Crippen LogP contribution in [0.5, 0.6) is 11.5 Å². The van der Waals surface area contributed by atoms with Crippen LogP contribution in [0.1, 0.15) is 63.6 Å². The average molecular weight is 1050 g/mol. The Kier molecular flexibility index (Phi) is 15.1. The summed E-state index contributed by atoms with van der Waals surface area (Å²) < 4.78 is 46.0. The van der Waals surface area contributed by atoms with Gasteiger partial charge in [-0.25, -0.2) is 24.8 Å². The third-order valence-corrected chi connectivity index (χ3v) is 16.9. The molecular weight excluding hydrogens is 984 g/mol. The first-order chi connectivity index (χ1) is 36.1. The third kappa shape index (κ3) is 9.38. The summed E-state index contributed by atoms with van der Waals surface area (Å²) in [5.41, 5.74) is 9.00. The minimum atomic E-state index is -3.79. The number of hydrogen-bond acceptors (Lipinski definition) is 19. The predicted octanol–water partition coefficient (Wildman–Crippen LogP) is 5.12. The molecule has 23 heteroatoms. The summed E-state index contributed by atoms with van der Waals surface area (Å²) in [5, 5.41) is 32.5. The first-order valence-corrected chi connectivity index (χ1v) is 26.3. The smallest absolute Gasteiger partial charge is 0.350 e. The molecule has 9 rings (SSSR count). The molecule has 0 spiro atoms. The highest BCUT2D eigenvalue weighted by atomic mass is 31.2. The highest BCUT2D eigenvalue weighted by molar-refractivity contribution is 7.63. The van der Waals surface area contributed by atoms with Crippen LogP contribution >= 0.6 is 7.87 Å². The Morgan fingerprint density at radius 1 is 0.853 bits per heavy atom. The van der Waals surface area contributed by atoms with Crippen molar-refractivity contribution in [3.05, 3.63) is 137 Å². The fraction of sp³-hybridized carbons (Fsp3) is 0.404. The summed E-state index contributed by atoms with van der Waals surface area (Å²) in [6, 6.07) is 26.4. The minimum absolute atomic E-state index is 0.00450. The van der Waals surface area contributed by atoms with Crippen molar-refractivity contribution in [1.82, 2.24) is 43.7 Å². The zero-order valence-corrected chi connectivity index (χ0v) is 43.3. The van der Waals surface area contributed by atoms with Crippen LogP contribution in [0, 0.1) is 11.3 Å². The number of nitriles is 1. The molecule has 0 amide bonds. The van der Waals surface area contributed by atoms with Crippen LogP contribution in [0.3, 0.4) is 0 Å². The lowest BCUT2D eigenvalue weighted by Crippen LogP contribution is -2.57. The Labute approximate surface area is 433 Å². The predicted molar refractivity (Wildman–Crippen MR) is 279 cm³/mol. The SMILES string of the molecule is COc1ccc(C(OC[C@H]2O[C@](n3cnc4c(=O)[nH]c(N)nc43)([C@]3(n4cnc5c(N)ncnc54)C[C@H](O)[C@@H](CO)O3)C[C@@H]2O[P+](O)(CC=CCC#N)N(C(C)C)C(C)C)(c2ccccc2)c2ccc(OC)cc2)cc1. The molecule has 2 aliphatic rings. The fourth-order valence-electron chi connectivity index (χ4n) is 10.8. The molecule has 0 aliphatic carbocycles. The van der Waals surface area contributed by atoms with Gasteiger partial charge in [0.1, 0.15) is 53.4 Å². The normalized spacial score (nSPS) is 23.0. The summed E-state index contributed by atoms with van der Waals surface area (Å²) in [6.07, 6.45) is 2.10. The Morgan fingerprint density at radius 3 is 2.03 bits per heavy atom. The van der Waals surface area contributed by atoms with E-state index in [1.54, 1.807) is 30.9 Å². The van der Waals surface area contributed by atoms with E-state index in [9.17, 15) is 25.2 Å². The second-order valence-electron chi connectivity index (χ2n) is 19.0. The lowest BCUT2D eigenvalue weighted by molar-refractivity contribution is -0.283. The number of rotatable bonds is 20. The van der Waals surface area contributed by atoms with Crippen LogP contribution in [-0.2, 0) is 35.8 Å². The highest BCUT2D eigenvalue weighted by Crippen LogP contribution is 2.65. The Morgan fingerprint density at radius 2 is 1.44 bits per heavy atom. The molecule has 6 heterocycles. The number of aromatic nitrogens is 8. The van der Waals surface area contributed by atoms with Gasteiger partial charge in [0.2, 0.25) is 5.95 Å². The highest BCUT2D eigenvalue weighted by Gasteiger charge is 2.70. The molecule has 4 aromatic heterocycles. The lowest BCUT2D eigenvalue weighted by Gasteiger charge is -2.46. The van der Waals surface area contributed by atoms with E-state index >= 15 is 0 Å². The monoisotopic (exact) mass is 1050 g/mol. The number of allylic oxidation sites excluding steroid dienone is 2. The number of nitrogen functional groups attached to an aromatic ring is 2. The van der Waals surface area contributed by atoms with E-state index in [1.165, 1.54) is 23.5 Å². The van der Waals surface area contributed by atoms with Gasteiger partial charge in [0.15, 0.2) is 34.1 Å². The van der Waals surface area contributed by atoms with Gasteiger partial charge in [0.05, 0.1) is 58.7 Å². The van der Waals surface area contributed by atoms with Crippen molar-refractivity contribution < 1.29 is 43.3 Å². The van der Waals surface area contributed by atoms with Crippen molar-refractivity contribution in [2.45, 2.75) is 101 Å². The second-order valence-corrected chi connectivity index (χ2v) is 21.4. The standard InChI is InChI=1S/C52H61N12O10P/c1-32(2)64(33(3)4)75(68,24-12-8-11-23-53)74-40-26-51(63-31-59-44-47(63)60-49(55)61-48(44)67,50(25-39(66)41(27-65)72-50)62-30-58-43-45(54)56-29-57-46(43)62)73-42(40)28-71-52(34-13-9-7-10-14-34,35-15-19-37(69-5)20-16-35)36-17-21-38(70-6)22-18-36/h7-10,12-22,29-33,39-42,65-66,68H,11,24-28H2,1-6H3,(H4-,54,55,56,57,60,61,67)/p+1/t39-,40-,41+,42+,50-,51-,75?/m0/s1. The van der Waals surface area contributed by atoms with E-state index in [4.69, 9.17) is 39.7 Å². The van der Waals surface area contributed by atoms with Crippen molar-refractivity contribution in [2.75, 3.05) is 45.1 Å². The van der Waals surface area contributed by atoms with Crippen LogP contribution in [0.4, 0.5) is 11.8 Å². The summed E-state index contributed by atoms with van der Waals surface area (Å²) >= 11 is 0. The molecule has 0 radical (unpaired) electrons. The van der Waals surface area contributed by atoms with E-state index in [0.717, 1.165) is 5.56 Å². The topological polar surface area (TPSA) is 302 Å². The van der Waals surface area contributed by atoms with Gasteiger partial charge in [-0.1, -0.05) is 60.7 Å². The number of benzene rings is 3. The molecule has 7 atom stereocenters. The molecule has 0 bridgehead atoms. The number of ether oxygens (including phenoxy) is 5. The maximum Gasteiger partial charge on any atom is 0.350 e. The molecule has 7 aromatic rings. The maximum atomic E-state index is 13.7. The summed E-state index contributed by atoms with van der Waals surface area (Å²) in [5.74, 6) is 1.04. The number of anilines is 2. The summed E-state index contributed by atoms with van der Waals surface area (Å²) in [7, 11) is -0.610. The minimum Gasteiger partial charge on any atom is -0.497 e. The van der Waals surface area contributed by atoms with Crippen molar-refractivity contribution in [3.8, 4) is 17.6 Å². The van der Waals surface area contributed by atoms with Crippen LogP contribution in [0.2, 0.25) is 0 Å². The zero-order valence-electron chi connectivity index (χ0n) is 42.4. The molecule has 2 saturated heterocycles. The van der Waals surface area contributed by atoms with Gasteiger partial charge < -0.3 is 45.4 Å². The van der Waals surface area contributed by atoms with Gasteiger partial charge in [-0.05, 0) is 74.7 Å². The first kappa shape index (κ1) is 52.9. The number of fused-ring (bicyclic) bond motifs is 2. The molecular formula is C52H62N12O10P+. The number of nitrogens with zero attached hydrogens (tertiary/aromatic N) is 9. The largest absolute Gasteiger partial charge is 0.497 e. The lowest BCUT2D eigenvalue weighted by atomic mass is 9.80. The number of nitrogens with two attached hydrogens (primary N) is 2. The third-order valence-electron chi connectivity index (χ3n) is 13.9. The molecule has 0 saturated carbocycles. The fourth-order valence-corrected chi connectivity index (χ4v) is 13.7. The van der Waals surface area contributed by atoms with Crippen molar-refractivity contribution in [1.29, 1.82) is 5.26 Å². The van der Waals surface area contributed by atoms with E-state index in [1.807, 2.05) is 111 Å². The molecule has 22 nitrogen and oxygen atoms in total. The van der Waals surface area contributed by atoms with Crippen molar-refractivity contribution in [2.24, 2.45) is 0 Å². The number of imidazole rings is 2. The van der Waals surface area contributed by atoms with Gasteiger partial charge in [0.25, 0.3) is 5.56 Å². The van der Waals surface area contributed by atoms with Gasteiger partial charge >= 0.3 is 7.87 Å². The molecule has 2 aliphatic heterocycles. The summed E-state index contributed by atoms with van der Waals surface area (Å²) in [6.45, 7) is 6.93. The first-order valence-electron chi connectivity index (χ1n) is 24.5. The average Bonchev–Trinajstić information content (AvgIpc) is 4.21. The Balaban J connectivity index is 1.33. The number of H-pyrrole nitrogens is 1. The molecule has 75 heavy (non-hydrogen) atoms. The van der Waals surface area contributed by atoms with Crippen LogP contribution in [-0.4, -0.2) is 129 Å². The Hall–Kier alpha value is -6.90. The summed E-state index contributed by atoms with van der Waals surface area (Å²) in [4.78, 5) is 52.3. The molecule has 394 valence electrons. The maximum absolute atomic E-state index is 13.7. The number of methoxy groups -OCH3 is 2. The number of hydrogen-bond donors (Lipinski definition) is 6. The number of aromatic amines is 1. The van der Waals surface area contributed by atoms with E-state index in [-0.39, 0.29) is 78.2 Å². The number of nitrogens with one attached hydrogen (secondary N) is 1. The number of aliphatic hydroxyl groups is 2. The van der Waals surface area contributed by atoms with E-state index < -0.39 is 61.5 Å². The molecule has 8 N–H and O–H groups in total. The van der Waals surface area contributed by atoms with Gasteiger partial charge in [-0.15, -0.1) is 4.67 Å². The van der Waals surface area contributed by atoms with Crippen LogP contribution in [0.25, 0.3) is 22.3 Å². The molecule has 1 unspecified atom stereocenters. The van der Waals surface area contributed by atoms with Crippen molar-refractivity contribution in [3.63, 3.8) is 0 Å². The van der Waals surface area contributed by atoms with Gasteiger partial charge in [0, 0.05) is 24.9 Å². The second kappa shape index (κ2) is 21.4. The van der Waals surface area contributed by atoms with Crippen LogP contribution in [0.15, 0.2) is 115 Å². The van der Waals surface area contributed by atoms with Crippen LogP contribution < -0.4 is 26.5 Å². The van der Waals surface area contributed by atoms with E-state index in [0.29, 0.717) is 22.6 Å². The van der Waals surface area contributed by atoms with Gasteiger partial charge in [-0.3, -0.25) is 18.9 Å². The Bertz CT molecular complexity index is 3190. The molecule has 2 fully saturated rings.